The van der Waals surface area contributed by atoms with Crippen molar-refractivity contribution in [2.24, 2.45) is 0 Å². The van der Waals surface area contributed by atoms with Crippen LogP contribution < -0.4 is 0 Å². The Morgan fingerprint density at radius 1 is 1.00 bits per heavy atom. The van der Waals surface area contributed by atoms with E-state index >= 15 is 0 Å². The van der Waals surface area contributed by atoms with Gasteiger partial charge in [-0.05, 0) is 35.4 Å². The van der Waals surface area contributed by atoms with Crippen LogP contribution in [0.25, 0.3) is 39.4 Å². The minimum absolute atomic E-state index is 0.0124. The Balaban J connectivity index is 1.84. The molecule has 0 atom stereocenters. The van der Waals surface area contributed by atoms with E-state index < -0.39 is 24.4 Å². The molecule has 8 nitrogen and oxygen atoms in total. The number of hydrogen-bond acceptors (Lipinski definition) is 7. The number of aromatic nitrogens is 5. The monoisotopic (exact) mass is 477 g/mol. The van der Waals surface area contributed by atoms with Gasteiger partial charge in [-0.15, -0.1) is 10.2 Å². The lowest BCUT2D eigenvalue weighted by molar-refractivity contribution is -0.290. The first-order valence-corrected chi connectivity index (χ1v) is 9.57. The largest absolute Gasteiger partial charge is 0.508 e. The van der Waals surface area contributed by atoms with Crippen LogP contribution in [-0.4, -0.2) is 41.0 Å². The van der Waals surface area contributed by atoms with Crippen LogP contribution in [0.4, 0.5) is 22.0 Å². The van der Waals surface area contributed by atoms with Gasteiger partial charge < -0.3 is 14.6 Å². The summed E-state index contributed by atoms with van der Waals surface area (Å²) in [5.74, 6) is -5.60. The van der Waals surface area contributed by atoms with Crippen molar-refractivity contribution >= 4 is 16.7 Å². The zero-order valence-electron chi connectivity index (χ0n) is 16.8. The normalized spacial score (nSPS) is 12.6. The number of aromatic hydroxyl groups is 1. The maximum absolute atomic E-state index is 14.4. The molecule has 5 aromatic rings. The molecular formula is C21H12F5N5O3. The molecule has 13 heteroatoms. The average molecular weight is 477 g/mol. The summed E-state index contributed by atoms with van der Waals surface area (Å²) in [6, 6.07) is 7.49. The lowest BCUT2D eigenvalue weighted by Crippen LogP contribution is -2.34. The highest BCUT2D eigenvalue weighted by Gasteiger charge is 2.60. The molecule has 0 saturated heterocycles. The topological polar surface area (TPSA) is 110 Å². The summed E-state index contributed by atoms with van der Waals surface area (Å²) in [7, 11) is 0. The van der Waals surface area contributed by atoms with Crippen LogP contribution in [0.3, 0.4) is 0 Å². The molecule has 0 aliphatic rings. The van der Waals surface area contributed by atoms with Crippen molar-refractivity contribution in [2.45, 2.75) is 18.7 Å². The van der Waals surface area contributed by atoms with Gasteiger partial charge in [-0.25, -0.2) is 9.97 Å². The molecule has 0 spiro atoms. The van der Waals surface area contributed by atoms with E-state index in [0.717, 1.165) is 12.5 Å². The number of aliphatic hydroxyl groups excluding tert-OH is 1. The van der Waals surface area contributed by atoms with E-state index in [1.54, 1.807) is 0 Å². The number of rotatable bonds is 4. The van der Waals surface area contributed by atoms with Gasteiger partial charge >= 0.3 is 12.1 Å². The molecule has 0 unspecified atom stereocenters. The first-order valence-electron chi connectivity index (χ1n) is 9.57. The van der Waals surface area contributed by atoms with E-state index in [0.29, 0.717) is 6.07 Å². The second kappa shape index (κ2) is 7.45. The standard InChI is InChI=1S/C21H12F5N5O3/c22-20(23,21(24,25)26)16-6-13(10-1-2-11(8-32)15(33)5-10)12-3-4-17-28-14(19-30-27-9-34-19)7-31(17)18(12)29-16/h1-7,9,32-33H,8H2. The first-order chi connectivity index (χ1) is 16.1. The molecule has 5 rings (SSSR count). The molecule has 2 N–H and O–H groups in total. The smallest absolute Gasteiger partial charge is 0.459 e. The SMILES string of the molecule is OCc1ccc(-c2cc(C(F)(F)C(F)(F)F)nc3c2ccc2nc(-c4nnco4)cn23)cc1O. The number of aliphatic hydroxyl groups is 1. The van der Waals surface area contributed by atoms with Crippen molar-refractivity contribution in [1.82, 2.24) is 24.6 Å². The number of benzene rings is 1. The lowest BCUT2D eigenvalue weighted by atomic mass is 9.98. The van der Waals surface area contributed by atoms with E-state index in [2.05, 4.69) is 20.2 Å². The van der Waals surface area contributed by atoms with Gasteiger partial charge in [0.15, 0.2) is 0 Å². The highest BCUT2D eigenvalue weighted by Crippen LogP contribution is 2.45. The minimum atomic E-state index is -5.90. The summed E-state index contributed by atoms with van der Waals surface area (Å²) < 4.78 is 74.7. The number of pyridine rings is 2. The highest BCUT2D eigenvalue weighted by atomic mass is 19.4. The number of alkyl halides is 5. The number of phenols is 1. The lowest BCUT2D eigenvalue weighted by Gasteiger charge is -2.21. The number of halogens is 5. The first kappa shape index (κ1) is 21.7. The van der Waals surface area contributed by atoms with E-state index in [1.165, 1.54) is 34.9 Å². The Morgan fingerprint density at radius 2 is 1.79 bits per heavy atom. The van der Waals surface area contributed by atoms with Gasteiger partial charge in [-0.1, -0.05) is 12.1 Å². The highest BCUT2D eigenvalue weighted by molar-refractivity contribution is 5.95. The van der Waals surface area contributed by atoms with Crippen molar-refractivity contribution in [3.8, 4) is 28.5 Å². The molecular weight excluding hydrogens is 465 g/mol. The molecule has 4 heterocycles. The maximum atomic E-state index is 14.4. The molecule has 0 fully saturated rings. The Hall–Kier alpha value is -4.13. The molecule has 0 radical (unpaired) electrons. The van der Waals surface area contributed by atoms with Crippen LogP contribution in [0.2, 0.25) is 0 Å². The quantitative estimate of drug-likeness (QED) is 0.368. The third-order valence-corrected chi connectivity index (χ3v) is 5.22. The molecule has 0 aliphatic heterocycles. The van der Waals surface area contributed by atoms with Crippen LogP contribution in [0.15, 0.2) is 53.4 Å². The predicted molar refractivity (Wildman–Crippen MR) is 107 cm³/mol. The zero-order chi connectivity index (χ0) is 24.3. The second-order valence-electron chi connectivity index (χ2n) is 7.30. The third-order valence-electron chi connectivity index (χ3n) is 5.22. The fraction of sp³-hybridized carbons (Fsp3) is 0.143. The summed E-state index contributed by atoms with van der Waals surface area (Å²) >= 11 is 0. The summed E-state index contributed by atoms with van der Waals surface area (Å²) in [5, 5.41) is 26.8. The minimum Gasteiger partial charge on any atom is -0.508 e. The zero-order valence-corrected chi connectivity index (χ0v) is 16.8. The maximum Gasteiger partial charge on any atom is 0.459 e. The summed E-state index contributed by atoms with van der Waals surface area (Å²) in [6.07, 6.45) is -3.52. The van der Waals surface area contributed by atoms with Crippen LogP contribution in [0, 0.1) is 0 Å². The Kier molecular flexibility index (Phi) is 4.75. The molecule has 34 heavy (non-hydrogen) atoms. The van der Waals surface area contributed by atoms with Gasteiger partial charge in [0, 0.05) is 17.1 Å². The van der Waals surface area contributed by atoms with Crippen LogP contribution >= 0.6 is 0 Å². The van der Waals surface area contributed by atoms with Gasteiger partial charge in [-0.2, -0.15) is 22.0 Å². The molecule has 0 aliphatic carbocycles. The number of nitrogens with zero attached hydrogens (tertiary/aromatic N) is 5. The van der Waals surface area contributed by atoms with E-state index in [9.17, 15) is 32.2 Å². The van der Waals surface area contributed by atoms with Gasteiger partial charge in [0.2, 0.25) is 6.39 Å². The molecule has 174 valence electrons. The fourth-order valence-corrected chi connectivity index (χ4v) is 3.53. The van der Waals surface area contributed by atoms with Gasteiger partial charge in [0.25, 0.3) is 5.89 Å². The van der Waals surface area contributed by atoms with Crippen molar-refractivity contribution in [3.63, 3.8) is 0 Å². The molecule has 0 saturated carbocycles. The molecule has 0 bridgehead atoms. The number of fused-ring (bicyclic) bond motifs is 3. The Labute approximate surface area is 185 Å². The summed E-state index contributed by atoms with van der Waals surface area (Å²) in [5.41, 5.74) is -1.18. The third kappa shape index (κ3) is 3.32. The van der Waals surface area contributed by atoms with Gasteiger partial charge in [0.05, 0.1) is 6.61 Å². The van der Waals surface area contributed by atoms with Crippen molar-refractivity contribution in [2.75, 3.05) is 0 Å². The molecule has 4 aromatic heterocycles. The number of hydrogen-bond donors (Lipinski definition) is 2. The van der Waals surface area contributed by atoms with Crippen LogP contribution in [0.5, 0.6) is 5.75 Å². The van der Waals surface area contributed by atoms with Crippen molar-refractivity contribution in [3.05, 3.63) is 60.2 Å². The molecule has 1 aromatic carbocycles. The van der Waals surface area contributed by atoms with Crippen molar-refractivity contribution < 1.29 is 36.6 Å². The van der Waals surface area contributed by atoms with E-state index in [1.807, 2.05) is 0 Å². The van der Waals surface area contributed by atoms with E-state index in [-0.39, 0.29) is 50.7 Å². The van der Waals surface area contributed by atoms with Crippen molar-refractivity contribution in [1.29, 1.82) is 0 Å². The average Bonchev–Trinajstić information content (AvgIpc) is 3.47. The second-order valence-corrected chi connectivity index (χ2v) is 7.30. The Morgan fingerprint density at radius 3 is 2.44 bits per heavy atom. The van der Waals surface area contributed by atoms with Crippen LogP contribution in [0.1, 0.15) is 11.3 Å². The predicted octanol–water partition coefficient (Wildman–Crippen LogP) is 4.45. The number of imidazole rings is 1. The van der Waals surface area contributed by atoms with Gasteiger partial charge in [0.1, 0.15) is 28.4 Å². The molecule has 0 amide bonds. The van der Waals surface area contributed by atoms with Crippen LogP contribution in [-0.2, 0) is 12.5 Å². The summed E-state index contributed by atoms with van der Waals surface area (Å²) in [6.45, 7) is -0.491. The van der Waals surface area contributed by atoms with Gasteiger partial charge in [-0.3, -0.25) is 4.40 Å². The Bertz CT molecular complexity index is 1530. The fourth-order valence-electron chi connectivity index (χ4n) is 3.53. The summed E-state index contributed by atoms with van der Waals surface area (Å²) in [4.78, 5) is 7.90. The van der Waals surface area contributed by atoms with E-state index in [4.69, 9.17) is 4.42 Å².